The zero-order valence-corrected chi connectivity index (χ0v) is 8.89. The highest BCUT2D eigenvalue weighted by atomic mass is 16.2. The Labute approximate surface area is 94.3 Å². The Balaban J connectivity index is 2.29. The Morgan fingerprint density at radius 1 is 1.50 bits per heavy atom. The van der Waals surface area contributed by atoms with Gasteiger partial charge in [0.25, 0.3) is 0 Å². The molecule has 0 aromatic heterocycles. The molecule has 1 unspecified atom stereocenters. The van der Waals surface area contributed by atoms with Crippen molar-refractivity contribution in [2.45, 2.75) is 18.9 Å². The number of anilines is 1. The smallest absolute Gasteiger partial charge is 0.243 e. The van der Waals surface area contributed by atoms with Gasteiger partial charge in [-0.2, -0.15) is 5.26 Å². The van der Waals surface area contributed by atoms with E-state index < -0.39 is 6.04 Å². The standard InChI is InChI=1S/C12H13N3O/c13-8-9-3-1-4-10(7-9)15-6-2-5-11(14)12(15)16/h1,3-4,7,11H,2,5-6,14H2. The number of hydrogen-bond acceptors (Lipinski definition) is 3. The third-order valence-electron chi connectivity index (χ3n) is 2.77. The van der Waals surface area contributed by atoms with E-state index in [0.717, 1.165) is 18.5 Å². The lowest BCUT2D eigenvalue weighted by atomic mass is 10.0. The van der Waals surface area contributed by atoms with Crippen LogP contribution in [0.15, 0.2) is 24.3 Å². The minimum absolute atomic E-state index is 0.0543. The summed E-state index contributed by atoms with van der Waals surface area (Å²) in [6.07, 6.45) is 1.65. The van der Waals surface area contributed by atoms with Crippen LogP contribution in [0, 0.1) is 11.3 Å². The topological polar surface area (TPSA) is 70.1 Å². The summed E-state index contributed by atoms with van der Waals surface area (Å²) in [5, 5.41) is 8.80. The van der Waals surface area contributed by atoms with Crippen LogP contribution in [0.1, 0.15) is 18.4 Å². The molecule has 2 N–H and O–H groups in total. The SMILES string of the molecule is N#Cc1cccc(N2CCCC(N)C2=O)c1. The predicted molar refractivity (Wildman–Crippen MR) is 60.7 cm³/mol. The number of rotatable bonds is 1. The van der Waals surface area contributed by atoms with Crippen molar-refractivity contribution in [2.24, 2.45) is 5.73 Å². The zero-order chi connectivity index (χ0) is 11.5. The van der Waals surface area contributed by atoms with Gasteiger partial charge in [-0.3, -0.25) is 4.79 Å². The number of nitrogens with zero attached hydrogens (tertiary/aromatic N) is 2. The van der Waals surface area contributed by atoms with E-state index in [0.29, 0.717) is 12.1 Å². The third-order valence-corrected chi connectivity index (χ3v) is 2.77. The Morgan fingerprint density at radius 2 is 2.31 bits per heavy atom. The second-order valence-corrected chi connectivity index (χ2v) is 3.90. The van der Waals surface area contributed by atoms with E-state index >= 15 is 0 Å². The van der Waals surface area contributed by atoms with E-state index in [4.69, 9.17) is 11.0 Å². The van der Waals surface area contributed by atoms with Gasteiger partial charge in [-0.25, -0.2) is 0 Å². The minimum Gasteiger partial charge on any atom is -0.320 e. The lowest BCUT2D eigenvalue weighted by molar-refractivity contribution is -0.120. The van der Waals surface area contributed by atoms with E-state index in [2.05, 4.69) is 6.07 Å². The first-order valence-corrected chi connectivity index (χ1v) is 5.29. The van der Waals surface area contributed by atoms with Crippen LogP contribution < -0.4 is 10.6 Å². The first-order chi connectivity index (χ1) is 7.72. The van der Waals surface area contributed by atoms with E-state index in [-0.39, 0.29) is 5.91 Å². The first kappa shape index (κ1) is 10.7. The summed E-state index contributed by atoms with van der Waals surface area (Å²) in [6.45, 7) is 0.682. The van der Waals surface area contributed by atoms with E-state index in [9.17, 15) is 4.79 Å². The van der Waals surface area contributed by atoms with Crippen LogP contribution in [-0.2, 0) is 4.79 Å². The highest BCUT2D eigenvalue weighted by molar-refractivity contribution is 5.97. The average Bonchev–Trinajstić information content (AvgIpc) is 2.33. The molecule has 0 spiro atoms. The first-order valence-electron chi connectivity index (χ1n) is 5.29. The van der Waals surface area contributed by atoms with Gasteiger partial charge in [-0.1, -0.05) is 6.07 Å². The van der Waals surface area contributed by atoms with Gasteiger partial charge in [-0.05, 0) is 31.0 Å². The number of nitriles is 1. The summed E-state index contributed by atoms with van der Waals surface area (Å²) >= 11 is 0. The molecule has 1 heterocycles. The normalized spacial score (nSPS) is 20.6. The van der Waals surface area contributed by atoms with Crippen molar-refractivity contribution in [2.75, 3.05) is 11.4 Å². The molecular formula is C12H13N3O. The van der Waals surface area contributed by atoms with Gasteiger partial charge in [0, 0.05) is 12.2 Å². The quantitative estimate of drug-likeness (QED) is 0.760. The summed E-state index contributed by atoms with van der Waals surface area (Å²) in [7, 11) is 0. The summed E-state index contributed by atoms with van der Waals surface area (Å²) < 4.78 is 0. The average molecular weight is 215 g/mol. The van der Waals surface area contributed by atoms with E-state index in [1.807, 2.05) is 6.07 Å². The molecule has 1 aliphatic rings. The number of benzene rings is 1. The lowest BCUT2D eigenvalue weighted by Gasteiger charge is -2.30. The number of piperidine rings is 1. The van der Waals surface area contributed by atoms with Gasteiger partial charge >= 0.3 is 0 Å². The molecule has 1 aliphatic heterocycles. The maximum absolute atomic E-state index is 11.8. The monoisotopic (exact) mass is 215 g/mol. The largest absolute Gasteiger partial charge is 0.320 e. The second kappa shape index (κ2) is 4.33. The van der Waals surface area contributed by atoms with Crippen molar-refractivity contribution in [1.82, 2.24) is 0 Å². The van der Waals surface area contributed by atoms with Gasteiger partial charge < -0.3 is 10.6 Å². The van der Waals surface area contributed by atoms with Gasteiger partial charge in [-0.15, -0.1) is 0 Å². The summed E-state index contributed by atoms with van der Waals surface area (Å²) in [6, 6.07) is 8.71. The van der Waals surface area contributed by atoms with Crippen LogP contribution in [0.4, 0.5) is 5.69 Å². The Morgan fingerprint density at radius 3 is 3.06 bits per heavy atom. The molecule has 0 radical (unpaired) electrons. The molecule has 0 saturated carbocycles. The van der Waals surface area contributed by atoms with Gasteiger partial charge in [0.15, 0.2) is 0 Å². The van der Waals surface area contributed by atoms with E-state index in [1.54, 1.807) is 23.1 Å². The van der Waals surface area contributed by atoms with Crippen molar-refractivity contribution < 1.29 is 4.79 Å². The summed E-state index contributed by atoms with van der Waals surface area (Å²) in [5.74, 6) is -0.0543. The number of amides is 1. The molecule has 2 rings (SSSR count). The Kier molecular flexibility index (Phi) is 2.88. The second-order valence-electron chi connectivity index (χ2n) is 3.90. The minimum atomic E-state index is -0.403. The molecule has 1 atom stereocenters. The third kappa shape index (κ3) is 1.90. The predicted octanol–water partition coefficient (Wildman–Crippen LogP) is 1.01. The molecule has 4 nitrogen and oxygen atoms in total. The zero-order valence-electron chi connectivity index (χ0n) is 8.89. The van der Waals surface area contributed by atoms with Crippen LogP contribution in [0.2, 0.25) is 0 Å². The number of carbonyl (C=O) groups is 1. The van der Waals surface area contributed by atoms with Crippen LogP contribution in [0.25, 0.3) is 0 Å². The van der Waals surface area contributed by atoms with Gasteiger partial charge in [0.1, 0.15) is 0 Å². The molecule has 1 aromatic rings. The molecule has 1 aromatic carbocycles. The van der Waals surface area contributed by atoms with Crippen LogP contribution in [0.3, 0.4) is 0 Å². The molecule has 1 amide bonds. The fourth-order valence-corrected chi connectivity index (χ4v) is 1.90. The number of carbonyl (C=O) groups excluding carboxylic acids is 1. The van der Waals surface area contributed by atoms with Crippen LogP contribution in [-0.4, -0.2) is 18.5 Å². The molecule has 1 fully saturated rings. The number of nitrogens with two attached hydrogens (primary N) is 1. The highest BCUT2D eigenvalue weighted by Gasteiger charge is 2.26. The summed E-state index contributed by atoms with van der Waals surface area (Å²) in [5.41, 5.74) is 7.04. The lowest BCUT2D eigenvalue weighted by Crippen LogP contribution is -2.48. The Bertz CT molecular complexity index is 450. The van der Waals surface area contributed by atoms with Gasteiger partial charge in [0.2, 0.25) is 5.91 Å². The fourth-order valence-electron chi connectivity index (χ4n) is 1.90. The van der Waals surface area contributed by atoms with Crippen LogP contribution in [0.5, 0.6) is 0 Å². The van der Waals surface area contributed by atoms with Gasteiger partial charge in [0.05, 0.1) is 17.7 Å². The molecule has 0 bridgehead atoms. The molecule has 16 heavy (non-hydrogen) atoms. The highest BCUT2D eigenvalue weighted by Crippen LogP contribution is 2.21. The molecular weight excluding hydrogens is 202 g/mol. The van der Waals surface area contributed by atoms with Crippen molar-refractivity contribution in [1.29, 1.82) is 5.26 Å². The van der Waals surface area contributed by atoms with Crippen molar-refractivity contribution >= 4 is 11.6 Å². The molecule has 82 valence electrons. The maximum atomic E-state index is 11.8. The maximum Gasteiger partial charge on any atom is 0.243 e. The van der Waals surface area contributed by atoms with E-state index in [1.165, 1.54) is 0 Å². The molecule has 0 aliphatic carbocycles. The fraction of sp³-hybridized carbons (Fsp3) is 0.333. The Hall–Kier alpha value is -1.86. The van der Waals surface area contributed by atoms with Crippen molar-refractivity contribution in [3.05, 3.63) is 29.8 Å². The van der Waals surface area contributed by atoms with Crippen molar-refractivity contribution in [3.63, 3.8) is 0 Å². The molecule has 1 saturated heterocycles. The van der Waals surface area contributed by atoms with Crippen molar-refractivity contribution in [3.8, 4) is 6.07 Å². The molecule has 4 heteroatoms. The van der Waals surface area contributed by atoms with Crippen LogP contribution >= 0.6 is 0 Å². The summed E-state index contributed by atoms with van der Waals surface area (Å²) in [4.78, 5) is 13.5. The number of hydrogen-bond donors (Lipinski definition) is 1.